The van der Waals surface area contributed by atoms with E-state index in [0.29, 0.717) is 5.69 Å². The van der Waals surface area contributed by atoms with Crippen molar-refractivity contribution in [1.82, 2.24) is 4.90 Å². The normalized spacial score (nSPS) is 13.3. The highest BCUT2D eigenvalue weighted by molar-refractivity contribution is 5.93. The summed E-state index contributed by atoms with van der Waals surface area (Å²) in [6.07, 6.45) is -7.15. The van der Waals surface area contributed by atoms with Gasteiger partial charge in [0.05, 0.1) is 6.54 Å². The van der Waals surface area contributed by atoms with Gasteiger partial charge in [0.1, 0.15) is 0 Å². The Balaban J connectivity index is 2.58. The summed E-state index contributed by atoms with van der Waals surface area (Å²) in [5.41, 5.74) is 2.41. The summed E-state index contributed by atoms with van der Waals surface area (Å²) in [6, 6.07) is 5.52. The molecule has 118 valence electrons. The van der Waals surface area contributed by atoms with Crippen molar-refractivity contribution in [2.45, 2.75) is 26.1 Å². The third-order valence-electron chi connectivity index (χ3n) is 3.02. The van der Waals surface area contributed by atoms with E-state index in [2.05, 4.69) is 5.32 Å². The van der Waals surface area contributed by atoms with Crippen molar-refractivity contribution in [3.63, 3.8) is 0 Å². The number of carbonyl (C=O) groups is 1. The number of aryl methyl sites for hydroxylation is 2. The predicted molar refractivity (Wildman–Crippen MR) is 74.1 cm³/mol. The van der Waals surface area contributed by atoms with Crippen molar-refractivity contribution < 1.29 is 23.1 Å². The van der Waals surface area contributed by atoms with Gasteiger partial charge in [0.15, 0.2) is 6.10 Å². The van der Waals surface area contributed by atoms with Crippen molar-refractivity contribution >= 4 is 11.6 Å². The first-order valence-corrected chi connectivity index (χ1v) is 6.40. The predicted octanol–water partition coefficient (Wildman–Crippen LogP) is 2.10. The largest absolute Gasteiger partial charge is 0.415 e. The SMILES string of the molecule is Cc1cccc(C)c1NC(=O)CN(C)CC(O)C(F)(F)F. The number of nitrogens with zero attached hydrogens (tertiary/aromatic N) is 1. The monoisotopic (exact) mass is 304 g/mol. The highest BCUT2D eigenvalue weighted by Crippen LogP contribution is 2.21. The summed E-state index contributed by atoms with van der Waals surface area (Å²) in [5, 5.41) is 11.6. The zero-order valence-electron chi connectivity index (χ0n) is 12.2. The molecule has 0 radical (unpaired) electrons. The highest BCUT2D eigenvalue weighted by atomic mass is 19.4. The molecule has 7 heteroatoms. The maximum absolute atomic E-state index is 12.2. The summed E-state index contributed by atoms with van der Waals surface area (Å²) < 4.78 is 36.7. The topological polar surface area (TPSA) is 52.6 Å². The molecular formula is C14H19F3N2O2. The number of alkyl halides is 3. The molecule has 21 heavy (non-hydrogen) atoms. The van der Waals surface area contributed by atoms with E-state index in [-0.39, 0.29) is 6.54 Å². The molecule has 0 bridgehead atoms. The van der Waals surface area contributed by atoms with Crippen molar-refractivity contribution in [3.8, 4) is 0 Å². The van der Waals surface area contributed by atoms with Crippen LogP contribution in [0.3, 0.4) is 0 Å². The molecule has 4 nitrogen and oxygen atoms in total. The lowest BCUT2D eigenvalue weighted by Crippen LogP contribution is -2.42. The third-order valence-corrected chi connectivity index (χ3v) is 3.02. The second kappa shape index (κ2) is 6.91. The van der Waals surface area contributed by atoms with E-state index in [4.69, 9.17) is 5.11 Å². The number of nitrogens with one attached hydrogen (secondary N) is 1. The van der Waals surface area contributed by atoms with Gasteiger partial charge in [-0.05, 0) is 32.0 Å². The highest BCUT2D eigenvalue weighted by Gasteiger charge is 2.38. The summed E-state index contributed by atoms with van der Waals surface area (Å²) >= 11 is 0. The second-order valence-corrected chi connectivity index (χ2v) is 5.07. The van der Waals surface area contributed by atoms with Crippen LogP contribution in [0.1, 0.15) is 11.1 Å². The Labute approximate surface area is 121 Å². The summed E-state index contributed by atoms with van der Waals surface area (Å²) in [4.78, 5) is 13.0. The molecule has 0 saturated heterocycles. The minimum absolute atomic E-state index is 0.235. The number of halogens is 3. The molecule has 1 aromatic carbocycles. The quantitative estimate of drug-likeness (QED) is 0.876. The molecule has 1 unspecified atom stereocenters. The fourth-order valence-electron chi connectivity index (χ4n) is 1.90. The first-order chi connectivity index (χ1) is 9.61. The van der Waals surface area contributed by atoms with Crippen LogP contribution in [0.5, 0.6) is 0 Å². The number of benzene rings is 1. The van der Waals surface area contributed by atoms with Gasteiger partial charge >= 0.3 is 6.18 Å². The fourth-order valence-corrected chi connectivity index (χ4v) is 1.90. The van der Waals surface area contributed by atoms with Crippen LogP contribution < -0.4 is 5.32 Å². The Morgan fingerprint density at radius 2 is 1.86 bits per heavy atom. The minimum atomic E-state index is -4.68. The van der Waals surface area contributed by atoms with Gasteiger partial charge in [0, 0.05) is 12.2 Å². The lowest BCUT2D eigenvalue weighted by atomic mass is 10.1. The van der Waals surface area contributed by atoms with Gasteiger partial charge in [0.25, 0.3) is 0 Å². The van der Waals surface area contributed by atoms with E-state index in [1.165, 1.54) is 7.05 Å². The molecule has 0 aliphatic carbocycles. The standard InChI is InChI=1S/C14H19F3N2O2/c1-9-5-4-6-10(2)13(9)18-12(21)8-19(3)7-11(20)14(15,16)17/h4-6,11,20H,7-8H2,1-3H3,(H,18,21). The molecular weight excluding hydrogens is 285 g/mol. The first kappa shape index (κ1) is 17.5. The van der Waals surface area contributed by atoms with Crippen LogP contribution in [-0.2, 0) is 4.79 Å². The Kier molecular flexibility index (Phi) is 5.74. The van der Waals surface area contributed by atoms with Gasteiger partial charge < -0.3 is 10.4 Å². The number of amides is 1. The molecule has 1 aromatic rings. The Hall–Kier alpha value is -1.60. The van der Waals surface area contributed by atoms with Gasteiger partial charge in [-0.25, -0.2) is 0 Å². The number of para-hydroxylation sites is 1. The third kappa shape index (κ3) is 5.35. The Morgan fingerprint density at radius 1 is 1.33 bits per heavy atom. The van der Waals surface area contributed by atoms with Crippen molar-refractivity contribution in [2.75, 3.05) is 25.5 Å². The lowest BCUT2D eigenvalue weighted by Gasteiger charge is -2.22. The number of anilines is 1. The summed E-state index contributed by atoms with van der Waals surface area (Å²) in [7, 11) is 1.35. The van der Waals surface area contributed by atoms with Crippen molar-refractivity contribution in [2.24, 2.45) is 0 Å². The van der Waals surface area contributed by atoms with Crippen LogP contribution in [0.2, 0.25) is 0 Å². The Morgan fingerprint density at radius 3 is 2.33 bits per heavy atom. The first-order valence-electron chi connectivity index (χ1n) is 6.40. The van der Waals surface area contributed by atoms with Crippen LogP contribution in [0.25, 0.3) is 0 Å². The molecule has 0 spiro atoms. The number of carbonyl (C=O) groups excluding carboxylic acids is 1. The summed E-state index contributed by atoms with van der Waals surface area (Å²) in [6.45, 7) is 2.78. The Bertz CT molecular complexity index is 483. The van der Waals surface area contributed by atoms with Gasteiger partial charge in [-0.3, -0.25) is 9.69 Å². The molecule has 1 atom stereocenters. The molecule has 1 amide bonds. The van der Waals surface area contributed by atoms with Crippen LogP contribution in [-0.4, -0.2) is 48.3 Å². The van der Waals surface area contributed by atoms with Crippen LogP contribution in [0, 0.1) is 13.8 Å². The van der Waals surface area contributed by atoms with E-state index in [1.807, 2.05) is 32.0 Å². The zero-order valence-corrected chi connectivity index (χ0v) is 12.2. The summed E-state index contributed by atoms with van der Waals surface area (Å²) in [5.74, 6) is -0.427. The fraction of sp³-hybridized carbons (Fsp3) is 0.500. The molecule has 2 N–H and O–H groups in total. The molecule has 0 fully saturated rings. The number of likely N-dealkylation sites (N-methyl/N-ethyl adjacent to an activating group) is 1. The second-order valence-electron chi connectivity index (χ2n) is 5.07. The number of aliphatic hydroxyl groups excluding tert-OH is 1. The molecule has 0 aromatic heterocycles. The smallest absolute Gasteiger partial charge is 0.382 e. The van der Waals surface area contributed by atoms with E-state index in [9.17, 15) is 18.0 Å². The zero-order chi connectivity index (χ0) is 16.2. The number of hydrogen-bond donors (Lipinski definition) is 2. The number of aliphatic hydroxyl groups is 1. The molecule has 0 heterocycles. The average molecular weight is 304 g/mol. The molecule has 0 saturated carbocycles. The molecule has 1 rings (SSSR count). The number of rotatable bonds is 5. The van der Waals surface area contributed by atoms with E-state index in [1.54, 1.807) is 0 Å². The van der Waals surface area contributed by atoms with Crippen LogP contribution in [0.15, 0.2) is 18.2 Å². The van der Waals surface area contributed by atoms with Gasteiger partial charge in [-0.1, -0.05) is 18.2 Å². The van der Waals surface area contributed by atoms with Gasteiger partial charge in [0.2, 0.25) is 5.91 Å². The van der Waals surface area contributed by atoms with Gasteiger partial charge in [-0.15, -0.1) is 0 Å². The minimum Gasteiger partial charge on any atom is -0.382 e. The average Bonchev–Trinajstić information content (AvgIpc) is 2.32. The maximum atomic E-state index is 12.2. The molecule has 0 aliphatic rings. The van der Waals surface area contributed by atoms with E-state index < -0.39 is 24.7 Å². The van der Waals surface area contributed by atoms with Crippen molar-refractivity contribution in [3.05, 3.63) is 29.3 Å². The number of hydrogen-bond acceptors (Lipinski definition) is 3. The maximum Gasteiger partial charge on any atom is 0.415 e. The van der Waals surface area contributed by atoms with Crippen LogP contribution in [0.4, 0.5) is 18.9 Å². The van der Waals surface area contributed by atoms with Crippen LogP contribution >= 0.6 is 0 Å². The van der Waals surface area contributed by atoms with E-state index in [0.717, 1.165) is 16.0 Å². The van der Waals surface area contributed by atoms with Gasteiger partial charge in [-0.2, -0.15) is 13.2 Å². The van der Waals surface area contributed by atoms with E-state index >= 15 is 0 Å². The molecule has 0 aliphatic heterocycles. The van der Waals surface area contributed by atoms with Crippen molar-refractivity contribution in [1.29, 1.82) is 0 Å². The lowest BCUT2D eigenvalue weighted by molar-refractivity contribution is -0.207.